The standard InChI is InChI=1S/C18H16FNO5/c1-11(21)25-14-8-6-12(7-9-14)17(22)20-16(18(23)24)10-13-4-2-3-5-15(13)19/h2-9,16H,10H2,1H3,(H,20,22)(H,23,24)/t16-/m1/s1. The molecule has 0 heterocycles. The zero-order chi connectivity index (χ0) is 18.4. The molecule has 25 heavy (non-hydrogen) atoms. The minimum atomic E-state index is -1.28. The SMILES string of the molecule is CC(=O)Oc1ccc(C(=O)N[C@H](Cc2ccccc2F)C(=O)O)cc1. The van der Waals surface area contributed by atoms with Gasteiger partial charge in [0, 0.05) is 18.9 Å². The van der Waals surface area contributed by atoms with Crippen LogP contribution in [0.4, 0.5) is 4.39 Å². The quantitative estimate of drug-likeness (QED) is 0.618. The molecule has 2 rings (SSSR count). The molecular weight excluding hydrogens is 329 g/mol. The number of carbonyl (C=O) groups excluding carboxylic acids is 2. The molecule has 0 aliphatic rings. The number of ether oxygens (including phenoxy) is 1. The van der Waals surface area contributed by atoms with E-state index in [0.29, 0.717) is 0 Å². The number of halogens is 1. The van der Waals surface area contributed by atoms with Gasteiger partial charge in [0.2, 0.25) is 0 Å². The number of carboxylic acids is 1. The summed E-state index contributed by atoms with van der Waals surface area (Å²) >= 11 is 0. The van der Waals surface area contributed by atoms with E-state index in [1.54, 1.807) is 6.07 Å². The van der Waals surface area contributed by atoms with Crippen LogP contribution >= 0.6 is 0 Å². The molecule has 1 atom stereocenters. The lowest BCUT2D eigenvalue weighted by molar-refractivity contribution is -0.139. The first-order chi connectivity index (χ1) is 11.9. The molecule has 0 saturated carbocycles. The number of rotatable bonds is 6. The summed E-state index contributed by atoms with van der Waals surface area (Å²) in [4.78, 5) is 34.4. The Bertz CT molecular complexity index is 788. The monoisotopic (exact) mass is 345 g/mol. The Morgan fingerprint density at radius 1 is 1.12 bits per heavy atom. The third-order valence-corrected chi connectivity index (χ3v) is 3.36. The summed E-state index contributed by atoms with van der Waals surface area (Å²) in [6.07, 6.45) is -0.181. The molecule has 0 bridgehead atoms. The van der Waals surface area contributed by atoms with Crippen molar-refractivity contribution in [3.63, 3.8) is 0 Å². The van der Waals surface area contributed by atoms with Crippen molar-refractivity contribution in [3.05, 3.63) is 65.5 Å². The van der Waals surface area contributed by atoms with Gasteiger partial charge in [-0.05, 0) is 35.9 Å². The molecular formula is C18H16FNO5. The molecule has 0 aliphatic heterocycles. The maximum absolute atomic E-state index is 13.7. The number of benzene rings is 2. The molecule has 1 amide bonds. The Kier molecular flexibility index (Phi) is 5.84. The summed E-state index contributed by atoms with van der Waals surface area (Å²) in [5.41, 5.74) is 0.385. The van der Waals surface area contributed by atoms with Gasteiger partial charge in [0.05, 0.1) is 0 Å². The maximum atomic E-state index is 13.7. The molecule has 0 saturated heterocycles. The average Bonchev–Trinajstić information content (AvgIpc) is 2.56. The smallest absolute Gasteiger partial charge is 0.326 e. The highest BCUT2D eigenvalue weighted by molar-refractivity contribution is 5.96. The average molecular weight is 345 g/mol. The second kappa shape index (κ2) is 8.05. The van der Waals surface area contributed by atoms with Crippen LogP contribution in [0.3, 0.4) is 0 Å². The predicted octanol–water partition coefficient (Wildman–Crippen LogP) is 2.18. The number of aliphatic carboxylic acids is 1. The van der Waals surface area contributed by atoms with E-state index in [1.165, 1.54) is 49.4 Å². The lowest BCUT2D eigenvalue weighted by Crippen LogP contribution is -2.42. The van der Waals surface area contributed by atoms with Crippen molar-refractivity contribution >= 4 is 17.8 Å². The summed E-state index contributed by atoms with van der Waals surface area (Å²) < 4.78 is 18.5. The second-order valence-electron chi connectivity index (χ2n) is 5.28. The minimum Gasteiger partial charge on any atom is -0.480 e. The number of amides is 1. The van der Waals surface area contributed by atoms with Gasteiger partial charge in [-0.1, -0.05) is 18.2 Å². The van der Waals surface area contributed by atoms with Crippen LogP contribution in [0.25, 0.3) is 0 Å². The van der Waals surface area contributed by atoms with Crippen molar-refractivity contribution in [2.45, 2.75) is 19.4 Å². The van der Waals surface area contributed by atoms with E-state index in [4.69, 9.17) is 4.74 Å². The molecule has 2 aromatic carbocycles. The van der Waals surface area contributed by atoms with E-state index in [0.717, 1.165) is 0 Å². The van der Waals surface area contributed by atoms with Gasteiger partial charge in [0.1, 0.15) is 17.6 Å². The van der Waals surface area contributed by atoms with E-state index >= 15 is 0 Å². The topological polar surface area (TPSA) is 92.7 Å². The molecule has 6 nitrogen and oxygen atoms in total. The zero-order valence-corrected chi connectivity index (χ0v) is 13.4. The van der Waals surface area contributed by atoms with Crippen molar-refractivity contribution in [3.8, 4) is 5.75 Å². The first-order valence-corrected chi connectivity index (χ1v) is 7.42. The molecule has 2 N–H and O–H groups in total. The van der Waals surface area contributed by atoms with Gasteiger partial charge in [-0.3, -0.25) is 9.59 Å². The lowest BCUT2D eigenvalue weighted by Gasteiger charge is -2.15. The van der Waals surface area contributed by atoms with Crippen LogP contribution in [0.5, 0.6) is 5.75 Å². The molecule has 0 spiro atoms. The maximum Gasteiger partial charge on any atom is 0.326 e. The molecule has 2 aromatic rings. The number of carbonyl (C=O) groups is 3. The van der Waals surface area contributed by atoms with E-state index < -0.39 is 29.7 Å². The third-order valence-electron chi connectivity index (χ3n) is 3.36. The fourth-order valence-electron chi connectivity index (χ4n) is 2.17. The molecule has 0 unspecified atom stereocenters. The second-order valence-corrected chi connectivity index (χ2v) is 5.28. The van der Waals surface area contributed by atoms with Crippen LogP contribution in [0.15, 0.2) is 48.5 Å². The molecule has 0 fully saturated rings. The third kappa shape index (κ3) is 5.13. The largest absolute Gasteiger partial charge is 0.480 e. The Morgan fingerprint density at radius 2 is 1.76 bits per heavy atom. The molecule has 0 aromatic heterocycles. The number of hydrogen-bond donors (Lipinski definition) is 2. The highest BCUT2D eigenvalue weighted by Crippen LogP contribution is 2.13. The molecule has 0 aliphatic carbocycles. The van der Waals surface area contributed by atoms with Gasteiger partial charge in [0.15, 0.2) is 0 Å². The number of esters is 1. The Labute approximate surface area is 143 Å². The highest BCUT2D eigenvalue weighted by atomic mass is 19.1. The van der Waals surface area contributed by atoms with Crippen LogP contribution in [0.2, 0.25) is 0 Å². The molecule has 130 valence electrons. The first-order valence-electron chi connectivity index (χ1n) is 7.42. The minimum absolute atomic E-state index is 0.181. The van der Waals surface area contributed by atoms with Gasteiger partial charge in [-0.25, -0.2) is 9.18 Å². The lowest BCUT2D eigenvalue weighted by atomic mass is 10.0. The van der Waals surface area contributed by atoms with Gasteiger partial charge in [-0.15, -0.1) is 0 Å². The summed E-state index contributed by atoms with van der Waals surface area (Å²) in [6.45, 7) is 1.25. The van der Waals surface area contributed by atoms with Gasteiger partial charge >= 0.3 is 11.9 Å². The van der Waals surface area contributed by atoms with Crippen LogP contribution in [-0.2, 0) is 16.0 Å². The van der Waals surface area contributed by atoms with E-state index in [2.05, 4.69) is 5.32 Å². The summed E-state index contributed by atoms with van der Waals surface area (Å²) in [5, 5.41) is 11.6. The number of carboxylic acid groups (broad SMARTS) is 1. The summed E-state index contributed by atoms with van der Waals surface area (Å²) in [5.74, 6) is -2.65. The number of hydrogen-bond acceptors (Lipinski definition) is 4. The van der Waals surface area contributed by atoms with Crippen molar-refractivity contribution in [2.24, 2.45) is 0 Å². The van der Waals surface area contributed by atoms with Crippen molar-refractivity contribution in [2.75, 3.05) is 0 Å². The van der Waals surface area contributed by atoms with Crippen LogP contribution in [0.1, 0.15) is 22.8 Å². The van der Waals surface area contributed by atoms with Gasteiger partial charge < -0.3 is 15.2 Å². The normalized spacial score (nSPS) is 11.4. The zero-order valence-electron chi connectivity index (χ0n) is 13.4. The van der Waals surface area contributed by atoms with Crippen molar-refractivity contribution in [1.29, 1.82) is 0 Å². The van der Waals surface area contributed by atoms with Crippen LogP contribution in [0, 0.1) is 5.82 Å². The van der Waals surface area contributed by atoms with Gasteiger partial charge in [0.25, 0.3) is 5.91 Å². The fraction of sp³-hybridized carbons (Fsp3) is 0.167. The van der Waals surface area contributed by atoms with E-state index in [9.17, 15) is 23.9 Å². The van der Waals surface area contributed by atoms with Crippen molar-refractivity contribution in [1.82, 2.24) is 5.32 Å². The summed E-state index contributed by atoms with van der Waals surface area (Å²) in [7, 11) is 0. The Morgan fingerprint density at radius 3 is 2.32 bits per heavy atom. The van der Waals surface area contributed by atoms with E-state index in [1.807, 2.05) is 0 Å². The summed E-state index contributed by atoms with van der Waals surface area (Å²) in [6, 6.07) is 10.1. The predicted molar refractivity (Wildman–Crippen MR) is 86.7 cm³/mol. The molecule has 7 heteroatoms. The van der Waals surface area contributed by atoms with Crippen LogP contribution in [-0.4, -0.2) is 29.0 Å². The first kappa shape index (κ1) is 18.1. The fourth-order valence-corrected chi connectivity index (χ4v) is 2.17. The van der Waals surface area contributed by atoms with E-state index in [-0.39, 0.29) is 23.3 Å². The number of nitrogens with one attached hydrogen (secondary N) is 1. The van der Waals surface area contributed by atoms with Gasteiger partial charge in [-0.2, -0.15) is 0 Å². The Balaban J connectivity index is 2.08. The Hall–Kier alpha value is -3.22. The van der Waals surface area contributed by atoms with Crippen LogP contribution < -0.4 is 10.1 Å². The molecule has 0 radical (unpaired) electrons. The van der Waals surface area contributed by atoms with Crippen molar-refractivity contribution < 1.29 is 28.6 Å². The highest BCUT2D eigenvalue weighted by Gasteiger charge is 2.22.